The summed E-state index contributed by atoms with van der Waals surface area (Å²) < 4.78 is 5.41. The van der Waals surface area contributed by atoms with E-state index in [0.717, 1.165) is 12.5 Å². The van der Waals surface area contributed by atoms with Crippen LogP contribution in [0.3, 0.4) is 0 Å². The Kier molecular flexibility index (Phi) is 3.91. The van der Waals surface area contributed by atoms with Gasteiger partial charge in [0.1, 0.15) is 23.2 Å². The van der Waals surface area contributed by atoms with Crippen LogP contribution in [0.2, 0.25) is 5.02 Å². The third-order valence-electron chi connectivity index (χ3n) is 5.87. The molecule has 4 atom stereocenters. The average Bonchev–Trinajstić information content (AvgIpc) is 3.43. The lowest BCUT2D eigenvalue weighted by Gasteiger charge is -2.24. The van der Waals surface area contributed by atoms with Crippen LogP contribution in [0.1, 0.15) is 35.7 Å². The lowest BCUT2D eigenvalue weighted by molar-refractivity contribution is -0.114. The number of cyclic esters (lactones) is 1. The highest BCUT2D eigenvalue weighted by Gasteiger charge is 2.87. The number of fused-ring (bicyclic) bond motifs is 2. The molecule has 1 spiro atoms. The summed E-state index contributed by atoms with van der Waals surface area (Å²) in [5.41, 5.74) is -1.45. The number of benzene rings is 1. The van der Waals surface area contributed by atoms with Crippen LogP contribution < -0.4 is 0 Å². The van der Waals surface area contributed by atoms with Gasteiger partial charge in [-0.15, -0.1) is 0 Å². The van der Waals surface area contributed by atoms with Gasteiger partial charge >= 0.3 is 5.97 Å². The predicted molar refractivity (Wildman–Crippen MR) is 96.8 cm³/mol. The van der Waals surface area contributed by atoms with Gasteiger partial charge in [0.25, 0.3) is 0 Å². The average molecular weight is 391 g/mol. The van der Waals surface area contributed by atoms with Crippen molar-refractivity contribution < 1.29 is 29.6 Å². The SMILES string of the molecule is C[C@@H]1CC2(O)C3C[C@@]32/C=C\C=C\C(=O)Cc2c(Cl)c(O)cc(O)c2C(=O)O1. The van der Waals surface area contributed by atoms with Crippen molar-refractivity contribution in [1.82, 2.24) is 0 Å². The number of ether oxygens (including phenoxy) is 1. The number of rotatable bonds is 0. The summed E-state index contributed by atoms with van der Waals surface area (Å²) in [5.74, 6) is -2.02. The van der Waals surface area contributed by atoms with Gasteiger partial charge in [-0.1, -0.05) is 29.8 Å². The number of carbonyl (C=O) groups excluding carboxylic acids is 2. The minimum Gasteiger partial charge on any atom is -0.507 e. The van der Waals surface area contributed by atoms with Crippen molar-refractivity contribution in [2.75, 3.05) is 0 Å². The molecular formula is C20H19ClO6. The molecule has 2 saturated carbocycles. The van der Waals surface area contributed by atoms with Gasteiger partial charge in [-0.05, 0) is 19.4 Å². The second-order valence-corrected chi connectivity index (χ2v) is 7.96. The van der Waals surface area contributed by atoms with E-state index < -0.39 is 29.2 Å². The number of carbonyl (C=O) groups is 2. The summed E-state index contributed by atoms with van der Waals surface area (Å²) in [5, 5.41) is 30.6. The van der Waals surface area contributed by atoms with Gasteiger partial charge in [0.05, 0.1) is 10.6 Å². The fraction of sp³-hybridized carbons (Fsp3) is 0.400. The van der Waals surface area contributed by atoms with Crippen LogP contribution >= 0.6 is 11.6 Å². The lowest BCUT2D eigenvalue weighted by atomic mass is 9.94. The zero-order valence-electron chi connectivity index (χ0n) is 14.6. The van der Waals surface area contributed by atoms with Crippen LogP contribution in [0.15, 0.2) is 30.4 Å². The van der Waals surface area contributed by atoms with E-state index in [0.29, 0.717) is 0 Å². The van der Waals surface area contributed by atoms with Gasteiger partial charge in [0, 0.05) is 35.8 Å². The van der Waals surface area contributed by atoms with Crippen molar-refractivity contribution in [3.05, 3.63) is 46.5 Å². The Morgan fingerprint density at radius 1 is 1.19 bits per heavy atom. The largest absolute Gasteiger partial charge is 0.507 e. The van der Waals surface area contributed by atoms with Gasteiger partial charge < -0.3 is 20.1 Å². The van der Waals surface area contributed by atoms with Crippen molar-refractivity contribution in [1.29, 1.82) is 0 Å². The number of phenolic OH excluding ortho intramolecular Hbond substituents is 2. The fourth-order valence-electron chi connectivity index (χ4n) is 4.27. The molecule has 1 heterocycles. The number of halogens is 1. The standard InChI is InChI=1S/C20H19ClO6/c1-10-8-20(26)15-9-19(15,20)5-3-2-4-11(22)6-12-16(18(25)27-10)13(23)7-14(24)17(12)21/h2-5,7,10,15,23-24,26H,6,8-9H2,1H3/b4-2+,5-3-/t10-,15?,19+,20?/m1/s1. The Morgan fingerprint density at radius 3 is 2.63 bits per heavy atom. The van der Waals surface area contributed by atoms with Crippen molar-refractivity contribution in [3.63, 3.8) is 0 Å². The molecule has 6 nitrogen and oxygen atoms in total. The van der Waals surface area contributed by atoms with E-state index in [1.807, 2.05) is 6.08 Å². The van der Waals surface area contributed by atoms with E-state index in [1.54, 1.807) is 19.1 Å². The molecular weight excluding hydrogens is 372 g/mol. The first-order valence-corrected chi connectivity index (χ1v) is 9.13. The molecule has 2 aliphatic carbocycles. The summed E-state index contributed by atoms with van der Waals surface area (Å²) >= 11 is 6.08. The molecule has 2 fully saturated rings. The van der Waals surface area contributed by atoms with E-state index in [1.165, 1.54) is 6.08 Å². The number of hydrogen-bond acceptors (Lipinski definition) is 6. The van der Waals surface area contributed by atoms with Gasteiger partial charge in [-0.25, -0.2) is 4.79 Å². The first-order chi connectivity index (χ1) is 12.7. The zero-order valence-corrected chi connectivity index (χ0v) is 15.4. The Labute approximate surface area is 160 Å². The van der Waals surface area contributed by atoms with E-state index >= 15 is 0 Å². The molecule has 27 heavy (non-hydrogen) atoms. The van der Waals surface area contributed by atoms with Crippen LogP contribution in [0.4, 0.5) is 0 Å². The Hall–Kier alpha value is -2.31. The number of allylic oxidation sites excluding steroid dienone is 3. The van der Waals surface area contributed by atoms with E-state index in [9.17, 15) is 24.9 Å². The minimum absolute atomic E-state index is 0.00602. The van der Waals surface area contributed by atoms with E-state index in [-0.39, 0.29) is 46.1 Å². The van der Waals surface area contributed by atoms with Crippen LogP contribution in [0.5, 0.6) is 11.5 Å². The van der Waals surface area contributed by atoms with Gasteiger partial charge in [-0.2, -0.15) is 0 Å². The molecule has 0 saturated heterocycles. The second-order valence-electron chi connectivity index (χ2n) is 7.59. The maximum atomic E-state index is 12.6. The first-order valence-electron chi connectivity index (χ1n) is 8.75. The maximum absolute atomic E-state index is 12.6. The topological polar surface area (TPSA) is 104 Å². The zero-order chi connectivity index (χ0) is 19.6. The first kappa shape index (κ1) is 18.1. The third-order valence-corrected chi connectivity index (χ3v) is 6.29. The summed E-state index contributed by atoms with van der Waals surface area (Å²) in [4.78, 5) is 24.9. The molecule has 1 aliphatic heterocycles. The monoisotopic (exact) mass is 390 g/mol. The van der Waals surface area contributed by atoms with Gasteiger partial charge in [0.2, 0.25) is 0 Å². The van der Waals surface area contributed by atoms with Crippen molar-refractivity contribution in [3.8, 4) is 11.5 Å². The van der Waals surface area contributed by atoms with E-state index in [4.69, 9.17) is 16.3 Å². The number of aromatic hydroxyl groups is 2. The summed E-state index contributed by atoms with van der Waals surface area (Å²) in [6.45, 7) is 1.67. The summed E-state index contributed by atoms with van der Waals surface area (Å²) in [6, 6.07) is 0.942. The smallest absolute Gasteiger partial charge is 0.342 e. The Balaban J connectivity index is 1.74. The number of hydrogen-bond donors (Lipinski definition) is 3. The highest BCUT2D eigenvalue weighted by atomic mass is 35.5. The van der Waals surface area contributed by atoms with Crippen molar-refractivity contribution in [2.45, 2.75) is 37.9 Å². The number of esters is 1. The molecule has 3 aliphatic rings. The van der Waals surface area contributed by atoms with Crippen LogP contribution in [0.25, 0.3) is 0 Å². The Bertz CT molecular complexity index is 920. The highest BCUT2D eigenvalue weighted by Crippen LogP contribution is 2.84. The molecule has 2 unspecified atom stereocenters. The van der Waals surface area contributed by atoms with Crippen LogP contribution in [0, 0.1) is 11.3 Å². The quantitative estimate of drug-likeness (QED) is 0.588. The molecule has 0 amide bonds. The molecule has 0 radical (unpaired) electrons. The lowest BCUT2D eigenvalue weighted by Crippen LogP contribution is -2.30. The maximum Gasteiger partial charge on any atom is 0.342 e. The second kappa shape index (κ2) is 5.84. The number of ketones is 1. The minimum atomic E-state index is -0.914. The molecule has 7 heteroatoms. The predicted octanol–water partition coefficient (Wildman–Crippen LogP) is 2.68. The van der Waals surface area contributed by atoms with Gasteiger partial charge in [-0.3, -0.25) is 4.79 Å². The molecule has 1 aromatic rings. The van der Waals surface area contributed by atoms with Crippen LogP contribution in [-0.4, -0.2) is 38.8 Å². The molecule has 1 aromatic carbocycles. The van der Waals surface area contributed by atoms with Crippen LogP contribution in [-0.2, 0) is 16.0 Å². The molecule has 142 valence electrons. The van der Waals surface area contributed by atoms with Crippen molar-refractivity contribution >= 4 is 23.4 Å². The summed E-state index contributed by atoms with van der Waals surface area (Å²) in [7, 11) is 0. The molecule has 0 bridgehead atoms. The van der Waals surface area contributed by atoms with Crippen molar-refractivity contribution in [2.24, 2.45) is 11.3 Å². The highest BCUT2D eigenvalue weighted by molar-refractivity contribution is 6.33. The molecule has 0 aromatic heterocycles. The van der Waals surface area contributed by atoms with Gasteiger partial charge in [0.15, 0.2) is 5.78 Å². The van der Waals surface area contributed by atoms with E-state index in [2.05, 4.69) is 0 Å². The summed E-state index contributed by atoms with van der Waals surface area (Å²) in [6.07, 6.45) is 6.82. The number of phenols is 2. The normalized spacial score (nSPS) is 37.1. The molecule has 3 N–H and O–H groups in total. The third kappa shape index (κ3) is 2.66. The number of aliphatic hydroxyl groups is 1. The molecule has 4 rings (SSSR count). The Morgan fingerprint density at radius 2 is 1.93 bits per heavy atom. The fourth-order valence-corrected chi connectivity index (χ4v) is 4.49.